The molecular weight excluding hydrogens is 430 g/mol. The first kappa shape index (κ1) is 20.8. The molecule has 0 bridgehead atoms. The van der Waals surface area contributed by atoms with Gasteiger partial charge in [-0.2, -0.15) is 4.98 Å². The van der Waals surface area contributed by atoms with Gasteiger partial charge in [-0.3, -0.25) is 4.79 Å². The fourth-order valence-corrected chi connectivity index (χ4v) is 5.08. The van der Waals surface area contributed by atoms with Crippen molar-refractivity contribution in [3.63, 3.8) is 0 Å². The molecule has 0 amide bonds. The van der Waals surface area contributed by atoms with Gasteiger partial charge in [0.05, 0.1) is 0 Å². The average molecular weight is 458 g/mol. The van der Waals surface area contributed by atoms with Crippen molar-refractivity contribution in [1.82, 2.24) is 14.8 Å². The van der Waals surface area contributed by atoms with Crippen LogP contribution in [0.2, 0.25) is 0 Å². The minimum Gasteiger partial charge on any atom is -0.454 e. The standard InChI is InChI=1S/C26H27N5O3/c1-3-30(4-2)18-11-8-16(9-12-18)25-28-26-27-19-6-5-7-20(32)23(19)24(31(26)29-25)17-10-13-21-22(14-17)34-15-33-21/h8-14,24H,3-7,15H2,1-2H3,(H,27,28,29). The number of hydrogen-bond donors (Lipinski definition) is 1. The van der Waals surface area contributed by atoms with Crippen LogP contribution >= 0.6 is 0 Å². The zero-order valence-corrected chi connectivity index (χ0v) is 19.4. The molecule has 34 heavy (non-hydrogen) atoms. The minimum atomic E-state index is -0.357. The van der Waals surface area contributed by atoms with Crippen LogP contribution in [0.5, 0.6) is 11.5 Å². The van der Waals surface area contributed by atoms with E-state index in [0.29, 0.717) is 23.9 Å². The van der Waals surface area contributed by atoms with E-state index < -0.39 is 0 Å². The molecule has 8 heteroatoms. The summed E-state index contributed by atoms with van der Waals surface area (Å²) in [5.74, 6) is 2.85. The first-order valence-electron chi connectivity index (χ1n) is 11.9. The summed E-state index contributed by atoms with van der Waals surface area (Å²) in [5.41, 5.74) is 4.77. The Morgan fingerprint density at radius 3 is 2.65 bits per heavy atom. The second-order valence-corrected chi connectivity index (χ2v) is 8.73. The summed E-state index contributed by atoms with van der Waals surface area (Å²) < 4.78 is 12.9. The lowest BCUT2D eigenvalue weighted by Crippen LogP contribution is -2.31. The first-order chi connectivity index (χ1) is 16.7. The molecule has 3 aromatic rings. The number of nitrogens with zero attached hydrogens (tertiary/aromatic N) is 4. The van der Waals surface area contributed by atoms with Crippen LogP contribution in [-0.4, -0.2) is 40.4 Å². The number of Topliss-reactive ketones (excluding diaryl/α,β-unsaturated/α-hetero) is 1. The second kappa shape index (κ2) is 8.20. The van der Waals surface area contributed by atoms with Crippen LogP contribution in [-0.2, 0) is 4.79 Å². The lowest BCUT2D eigenvalue weighted by Gasteiger charge is -2.32. The van der Waals surface area contributed by atoms with Gasteiger partial charge >= 0.3 is 0 Å². The minimum absolute atomic E-state index is 0.155. The van der Waals surface area contributed by atoms with E-state index in [1.54, 1.807) is 0 Å². The lowest BCUT2D eigenvalue weighted by atomic mass is 9.85. The quantitative estimate of drug-likeness (QED) is 0.602. The summed E-state index contributed by atoms with van der Waals surface area (Å²) >= 11 is 0. The third-order valence-electron chi connectivity index (χ3n) is 6.83. The highest BCUT2D eigenvalue weighted by Crippen LogP contribution is 2.43. The van der Waals surface area contributed by atoms with Gasteiger partial charge in [-0.15, -0.1) is 5.10 Å². The van der Waals surface area contributed by atoms with Crippen LogP contribution in [0, 0.1) is 0 Å². The maximum Gasteiger partial charge on any atom is 0.231 e. The van der Waals surface area contributed by atoms with E-state index in [0.717, 1.165) is 54.1 Å². The number of benzene rings is 2. The number of ketones is 1. The Balaban J connectivity index is 1.42. The molecule has 0 saturated heterocycles. The predicted molar refractivity (Wildman–Crippen MR) is 129 cm³/mol. The summed E-state index contributed by atoms with van der Waals surface area (Å²) in [6, 6.07) is 13.8. The van der Waals surface area contributed by atoms with E-state index in [1.165, 1.54) is 5.69 Å². The Hall–Kier alpha value is -3.81. The van der Waals surface area contributed by atoms with Crippen molar-refractivity contribution >= 4 is 17.4 Å². The van der Waals surface area contributed by atoms with E-state index in [1.807, 2.05) is 22.9 Å². The molecule has 174 valence electrons. The zero-order chi connectivity index (χ0) is 23.2. The van der Waals surface area contributed by atoms with Gasteiger partial charge in [-0.05, 0) is 68.7 Å². The number of aromatic nitrogens is 3. The number of allylic oxidation sites excluding steroid dienone is 2. The van der Waals surface area contributed by atoms with Crippen molar-refractivity contribution in [1.29, 1.82) is 0 Å². The van der Waals surface area contributed by atoms with Gasteiger partial charge in [0, 0.05) is 42.0 Å². The number of carbonyl (C=O) groups excluding carboxylic acids is 1. The highest BCUT2D eigenvalue weighted by Gasteiger charge is 2.37. The predicted octanol–water partition coefficient (Wildman–Crippen LogP) is 4.54. The molecule has 1 N–H and O–H groups in total. The first-order valence-corrected chi connectivity index (χ1v) is 11.9. The topological polar surface area (TPSA) is 81.5 Å². The molecule has 1 atom stereocenters. The summed E-state index contributed by atoms with van der Waals surface area (Å²) in [5, 5.41) is 8.29. The molecule has 0 spiro atoms. The van der Waals surface area contributed by atoms with Crippen molar-refractivity contribution in [3.05, 3.63) is 59.3 Å². The maximum absolute atomic E-state index is 13.1. The molecule has 1 unspecified atom stereocenters. The SMILES string of the molecule is CCN(CC)c1ccc(-c2nc3n(n2)C(c2ccc4c(c2)OCO4)C2=C(CCCC2=O)N3)cc1. The van der Waals surface area contributed by atoms with Crippen LogP contribution < -0.4 is 19.7 Å². The highest BCUT2D eigenvalue weighted by molar-refractivity contribution is 5.99. The summed E-state index contributed by atoms with van der Waals surface area (Å²) in [6.07, 6.45) is 2.21. The molecule has 0 saturated carbocycles. The van der Waals surface area contributed by atoms with Crippen LogP contribution in [0.15, 0.2) is 53.7 Å². The van der Waals surface area contributed by atoms with Crippen molar-refractivity contribution in [2.75, 3.05) is 30.1 Å². The number of ether oxygens (including phenoxy) is 2. The molecule has 2 aliphatic heterocycles. The third-order valence-corrected chi connectivity index (χ3v) is 6.83. The highest BCUT2D eigenvalue weighted by atomic mass is 16.7. The summed E-state index contributed by atoms with van der Waals surface area (Å²) in [4.78, 5) is 20.2. The molecule has 2 aromatic carbocycles. The van der Waals surface area contributed by atoms with E-state index in [-0.39, 0.29) is 18.6 Å². The van der Waals surface area contributed by atoms with E-state index >= 15 is 0 Å². The van der Waals surface area contributed by atoms with E-state index in [9.17, 15) is 4.79 Å². The van der Waals surface area contributed by atoms with Gasteiger partial charge in [-0.1, -0.05) is 6.07 Å². The fraction of sp³-hybridized carbons (Fsp3) is 0.346. The Kier molecular flexibility index (Phi) is 5.01. The maximum atomic E-state index is 13.1. The van der Waals surface area contributed by atoms with Gasteiger partial charge in [-0.25, -0.2) is 4.68 Å². The second-order valence-electron chi connectivity index (χ2n) is 8.73. The largest absolute Gasteiger partial charge is 0.454 e. The van der Waals surface area contributed by atoms with E-state index in [2.05, 4.69) is 48.3 Å². The average Bonchev–Trinajstić information content (AvgIpc) is 3.50. The lowest BCUT2D eigenvalue weighted by molar-refractivity contribution is -0.116. The van der Waals surface area contributed by atoms with Crippen molar-refractivity contribution in [2.45, 2.75) is 39.2 Å². The third kappa shape index (κ3) is 3.32. The van der Waals surface area contributed by atoms with Crippen LogP contribution in [0.1, 0.15) is 44.7 Å². The Morgan fingerprint density at radius 1 is 1.06 bits per heavy atom. The monoisotopic (exact) mass is 457 g/mol. The normalized spacial score (nSPS) is 18.4. The van der Waals surface area contributed by atoms with Gasteiger partial charge in [0.1, 0.15) is 6.04 Å². The molecule has 6 rings (SSSR count). The number of carbonyl (C=O) groups is 1. The molecule has 1 aromatic heterocycles. The van der Waals surface area contributed by atoms with Gasteiger partial charge in [0.2, 0.25) is 12.7 Å². The molecule has 8 nitrogen and oxygen atoms in total. The van der Waals surface area contributed by atoms with Crippen molar-refractivity contribution in [3.8, 4) is 22.9 Å². The van der Waals surface area contributed by atoms with Crippen molar-refractivity contribution < 1.29 is 14.3 Å². The molecule has 0 radical (unpaired) electrons. The molecule has 1 aliphatic carbocycles. The number of fused-ring (bicyclic) bond motifs is 2. The molecule has 0 fully saturated rings. The number of anilines is 2. The van der Waals surface area contributed by atoms with Crippen LogP contribution in [0.4, 0.5) is 11.6 Å². The van der Waals surface area contributed by atoms with E-state index in [4.69, 9.17) is 19.6 Å². The summed E-state index contributed by atoms with van der Waals surface area (Å²) in [6.45, 7) is 6.43. The summed E-state index contributed by atoms with van der Waals surface area (Å²) in [7, 11) is 0. The number of hydrogen-bond acceptors (Lipinski definition) is 7. The van der Waals surface area contributed by atoms with Crippen LogP contribution in [0.25, 0.3) is 11.4 Å². The zero-order valence-electron chi connectivity index (χ0n) is 19.4. The van der Waals surface area contributed by atoms with Crippen molar-refractivity contribution in [2.24, 2.45) is 0 Å². The van der Waals surface area contributed by atoms with Crippen LogP contribution in [0.3, 0.4) is 0 Å². The van der Waals surface area contributed by atoms with Gasteiger partial charge < -0.3 is 19.7 Å². The smallest absolute Gasteiger partial charge is 0.231 e. The number of nitrogens with one attached hydrogen (secondary N) is 1. The van der Waals surface area contributed by atoms with Gasteiger partial charge in [0.15, 0.2) is 23.1 Å². The number of rotatable bonds is 5. The Morgan fingerprint density at radius 2 is 1.85 bits per heavy atom. The molecular formula is C26H27N5O3. The fourth-order valence-electron chi connectivity index (χ4n) is 5.08. The Bertz CT molecular complexity index is 1290. The molecule has 3 aliphatic rings. The molecule has 3 heterocycles. The Labute approximate surface area is 198 Å². The van der Waals surface area contributed by atoms with Gasteiger partial charge in [0.25, 0.3) is 0 Å².